The van der Waals surface area contributed by atoms with Crippen molar-refractivity contribution in [3.05, 3.63) is 29.0 Å². The molecule has 1 aromatic carbocycles. The molecule has 0 saturated carbocycles. The highest BCUT2D eigenvalue weighted by molar-refractivity contribution is 6.30. The van der Waals surface area contributed by atoms with Crippen LogP contribution in [0.4, 0.5) is 10.1 Å². The van der Waals surface area contributed by atoms with Gasteiger partial charge in [-0.1, -0.05) is 11.6 Å². The lowest BCUT2D eigenvalue weighted by molar-refractivity contribution is -0.119. The van der Waals surface area contributed by atoms with Gasteiger partial charge >= 0.3 is 0 Å². The van der Waals surface area contributed by atoms with Crippen molar-refractivity contribution in [2.75, 3.05) is 11.9 Å². The van der Waals surface area contributed by atoms with Gasteiger partial charge < -0.3 is 10.6 Å². The molecule has 94 valence electrons. The Labute approximate surface area is 105 Å². The first-order chi connectivity index (χ1) is 7.70. The van der Waals surface area contributed by atoms with E-state index in [4.69, 9.17) is 17.3 Å². The third kappa shape index (κ3) is 3.98. The number of hydrogen-bond acceptors (Lipinski definition) is 2. The highest BCUT2D eigenvalue weighted by atomic mass is 35.5. The Morgan fingerprint density at radius 2 is 2.12 bits per heavy atom. The van der Waals surface area contributed by atoms with E-state index >= 15 is 0 Å². The maximum Gasteiger partial charge on any atom is 0.228 e. The van der Waals surface area contributed by atoms with Gasteiger partial charge in [0.05, 0.1) is 5.69 Å². The third-order valence-corrected chi connectivity index (χ3v) is 2.49. The molecule has 0 unspecified atom stereocenters. The fourth-order valence-corrected chi connectivity index (χ4v) is 1.55. The van der Waals surface area contributed by atoms with Crippen molar-refractivity contribution in [3.8, 4) is 0 Å². The lowest BCUT2D eigenvalue weighted by Gasteiger charge is -2.23. The second kappa shape index (κ2) is 5.02. The molecule has 0 bridgehead atoms. The predicted molar refractivity (Wildman–Crippen MR) is 67.7 cm³/mol. The molecule has 0 saturated heterocycles. The van der Waals surface area contributed by atoms with Gasteiger partial charge in [0.25, 0.3) is 0 Å². The summed E-state index contributed by atoms with van der Waals surface area (Å²) in [5.41, 5.74) is 5.29. The largest absolute Gasteiger partial charge is 0.325 e. The zero-order chi connectivity index (χ0) is 13.2. The maximum absolute atomic E-state index is 13.5. The van der Waals surface area contributed by atoms with Crippen molar-refractivity contribution < 1.29 is 9.18 Å². The van der Waals surface area contributed by atoms with Crippen molar-refractivity contribution in [1.82, 2.24) is 0 Å². The zero-order valence-electron chi connectivity index (χ0n) is 10.1. The summed E-state index contributed by atoms with van der Waals surface area (Å²) in [6, 6.07) is 4.08. The Hall–Kier alpha value is -1.13. The highest BCUT2D eigenvalue weighted by Crippen LogP contribution is 2.23. The number of nitrogens with zero attached hydrogens (tertiary/aromatic N) is 1. The topological polar surface area (TPSA) is 46.3 Å². The van der Waals surface area contributed by atoms with E-state index in [2.05, 4.69) is 0 Å². The molecular weight excluding hydrogens is 243 g/mol. The van der Waals surface area contributed by atoms with Crippen LogP contribution in [0.3, 0.4) is 0 Å². The second-order valence-corrected chi connectivity index (χ2v) is 5.15. The number of nitrogens with two attached hydrogens (primary N) is 1. The van der Waals surface area contributed by atoms with Crippen LogP contribution in [0.2, 0.25) is 5.02 Å². The smallest absolute Gasteiger partial charge is 0.228 e. The van der Waals surface area contributed by atoms with E-state index in [0.29, 0.717) is 5.02 Å². The SMILES string of the molecule is CN(C(=O)CC(C)(C)N)c1cc(Cl)ccc1F. The summed E-state index contributed by atoms with van der Waals surface area (Å²) in [6.45, 7) is 3.49. The Kier molecular flexibility index (Phi) is 4.11. The van der Waals surface area contributed by atoms with Gasteiger partial charge in [0.2, 0.25) is 5.91 Å². The van der Waals surface area contributed by atoms with E-state index in [1.54, 1.807) is 13.8 Å². The summed E-state index contributed by atoms with van der Waals surface area (Å²) >= 11 is 5.77. The minimum atomic E-state index is -0.625. The third-order valence-electron chi connectivity index (χ3n) is 2.25. The average molecular weight is 259 g/mol. The molecule has 2 N–H and O–H groups in total. The number of carbonyl (C=O) groups is 1. The Bertz CT molecular complexity index is 429. The number of rotatable bonds is 3. The van der Waals surface area contributed by atoms with Crippen LogP contribution in [0.1, 0.15) is 20.3 Å². The minimum absolute atomic E-state index is 0.134. The van der Waals surface area contributed by atoms with Crippen LogP contribution < -0.4 is 10.6 Å². The maximum atomic E-state index is 13.5. The minimum Gasteiger partial charge on any atom is -0.325 e. The van der Waals surface area contributed by atoms with Crippen LogP contribution in [0.15, 0.2) is 18.2 Å². The van der Waals surface area contributed by atoms with Crippen LogP contribution in [-0.4, -0.2) is 18.5 Å². The van der Waals surface area contributed by atoms with Gasteiger partial charge in [-0.15, -0.1) is 0 Å². The molecule has 1 rings (SSSR count). The van der Waals surface area contributed by atoms with E-state index in [1.807, 2.05) is 0 Å². The standard InChI is InChI=1S/C12H16ClFN2O/c1-12(2,15)7-11(17)16(3)10-6-8(13)4-5-9(10)14/h4-6H,7,15H2,1-3H3. The van der Waals surface area contributed by atoms with Crippen molar-refractivity contribution in [2.24, 2.45) is 5.73 Å². The summed E-state index contributed by atoms with van der Waals surface area (Å²) in [6.07, 6.45) is 0.134. The van der Waals surface area contributed by atoms with Crippen LogP contribution in [-0.2, 0) is 4.79 Å². The quantitative estimate of drug-likeness (QED) is 0.906. The molecular formula is C12H16ClFN2O. The highest BCUT2D eigenvalue weighted by Gasteiger charge is 2.21. The van der Waals surface area contributed by atoms with Gasteiger partial charge in [-0.25, -0.2) is 4.39 Å². The predicted octanol–water partition coefficient (Wildman–Crippen LogP) is 2.57. The Morgan fingerprint density at radius 1 is 1.53 bits per heavy atom. The second-order valence-electron chi connectivity index (χ2n) is 4.71. The van der Waals surface area contributed by atoms with Crippen LogP contribution in [0.25, 0.3) is 0 Å². The molecule has 1 amide bonds. The van der Waals surface area contributed by atoms with Gasteiger partial charge in [0.15, 0.2) is 0 Å². The van der Waals surface area contributed by atoms with Gasteiger partial charge in [0.1, 0.15) is 5.82 Å². The molecule has 1 aromatic rings. The van der Waals surface area contributed by atoms with Crippen molar-refractivity contribution >= 4 is 23.2 Å². The molecule has 0 radical (unpaired) electrons. The van der Waals surface area contributed by atoms with E-state index in [1.165, 1.54) is 30.1 Å². The molecule has 0 atom stereocenters. The number of halogens is 2. The van der Waals surface area contributed by atoms with Crippen LogP contribution in [0, 0.1) is 5.82 Å². The van der Waals surface area contributed by atoms with E-state index in [-0.39, 0.29) is 18.0 Å². The van der Waals surface area contributed by atoms with Crippen LogP contribution >= 0.6 is 11.6 Å². The number of amides is 1. The van der Waals surface area contributed by atoms with Gasteiger partial charge in [-0.3, -0.25) is 4.79 Å². The lowest BCUT2D eigenvalue weighted by Crippen LogP contribution is -2.40. The summed E-state index contributed by atoms with van der Waals surface area (Å²) in [7, 11) is 1.50. The molecule has 0 aliphatic rings. The molecule has 0 fully saturated rings. The molecule has 0 aliphatic carbocycles. The number of hydrogen-bond donors (Lipinski definition) is 1. The first-order valence-electron chi connectivity index (χ1n) is 5.21. The summed E-state index contributed by atoms with van der Waals surface area (Å²) < 4.78 is 13.5. The van der Waals surface area contributed by atoms with E-state index in [9.17, 15) is 9.18 Å². The first-order valence-corrected chi connectivity index (χ1v) is 5.59. The summed E-state index contributed by atoms with van der Waals surface area (Å²) in [4.78, 5) is 13.1. The fourth-order valence-electron chi connectivity index (χ4n) is 1.39. The molecule has 17 heavy (non-hydrogen) atoms. The van der Waals surface area contributed by atoms with Gasteiger partial charge in [-0.2, -0.15) is 0 Å². The monoisotopic (exact) mass is 258 g/mol. The average Bonchev–Trinajstić information content (AvgIpc) is 2.18. The number of carbonyl (C=O) groups excluding carboxylic acids is 1. The molecule has 0 aliphatic heterocycles. The zero-order valence-corrected chi connectivity index (χ0v) is 10.9. The van der Waals surface area contributed by atoms with Gasteiger partial charge in [0, 0.05) is 24.0 Å². The molecule has 0 heterocycles. The lowest BCUT2D eigenvalue weighted by atomic mass is 10.0. The Balaban J connectivity index is 2.92. The van der Waals surface area contributed by atoms with Gasteiger partial charge in [-0.05, 0) is 32.0 Å². The molecule has 0 aromatic heterocycles. The fraction of sp³-hybridized carbons (Fsp3) is 0.417. The van der Waals surface area contributed by atoms with E-state index < -0.39 is 11.4 Å². The number of benzene rings is 1. The van der Waals surface area contributed by atoms with Crippen molar-refractivity contribution in [3.63, 3.8) is 0 Å². The van der Waals surface area contributed by atoms with Crippen molar-refractivity contribution in [2.45, 2.75) is 25.8 Å². The van der Waals surface area contributed by atoms with Crippen LogP contribution in [0.5, 0.6) is 0 Å². The Morgan fingerprint density at radius 3 is 2.65 bits per heavy atom. The molecule has 3 nitrogen and oxygen atoms in total. The number of anilines is 1. The van der Waals surface area contributed by atoms with Crippen molar-refractivity contribution in [1.29, 1.82) is 0 Å². The summed E-state index contributed by atoms with van der Waals surface area (Å²) in [5, 5.41) is 0.382. The molecule has 0 spiro atoms. The normalized spacial score (nSPS) is 11.4. The molecule has 5 heteroatoms. The van der Waals surface area contributed by atoms with E-state index in [0.717, 1.165) is 0 Å². The summed E-state index contributed by atoms with van der Waals surface area (Å²) in [5.74, 6) is -0.737. The first kappa shape index (κ1) is 13.9.